The van der Waals surface area contributed by atoms with Crippen molar-refractivity contribution >= 4 is 28.9 Å². The number of rotatable bonds is 7. The van der Waals surface area contributed by atoms with Crippen LogP contribution in [-0.2, 0) is 17.5 Å². The van der Waals surface area contributed by atoms with E-state index >= 15 is 0 Å². The van der Waals surface area contributed by atoms with Gasteiger partial charge in [-0.3, -0.25) is 4.79 Å². The molecule has 0 bridgehead atoms. The molecule has 0 saturated carbocycles. The van der Waals surface area contributed by atoms with Crippen LogP contribution in [-0.4, -0.2) is 37.6 Å². The van der Waals surface area contributed by atoms with Gasteiger partial charge in [-0.05, 0) is 36.4 Å². The Hall–Kier alpha value is -3.97. The van der Waals surface area contributed by atoms with Crippen LogP contribution < -0.4 is 11.1 Å². The smallest absolute Gasteiger partial charge is 0.377 e. The molecule has 4 rings (SSSR count). The molecule has 0 fully saturated rings. The van der Waals surface area contributed by atoms with Crippen LogP contribution in [0.3, 0.4) is 0 Å². The van der Waals surface area contributed by atoms with E-state index in [9.17, 15) is 22.4 Å². The van der Waals surface area contributed by atoms with Crippen molar-refractivity contribution in [3.8, 4) is 11.4 Å². The number of halogens is 5. The van der Waals surface area contributed by atoms with Crippen molar-refractivity contribution < 1.29 is 27.1 Å². The molecule has 2 aromatic carbocycles. The first-order valence-corrected chi connectivity index (χ1v) is 10.2. The fourth-order valence-corrected chi connectivity index (χ4v) is 3.45. The number of carbonyl (C=O) groups is 1. The summed E-state index contributed by atoms with van der Waals surface area (Å²) >= 11 is 6.08. The number of ether oxygens (including phenoxy) is 1. The summed E-state index contributed by atoms with van der Waals surface area (Å²) < 4.78 is 60.5. The number of primary amides is 1. The Morgan fingerprint density at radius 2 is 1.89 bits per heavy atom. The third kappa shape index (κ3) is 4.95. The van der Waals surface area contributed by atoms with Gasteiger partial charge < -0.3 is 15.8 Å². The Kier molecular flexibility index (Phi) is 6.45. The van der Waals surface area contributed by atoms with Crippen LogP contribution >= 0.6 is 11.6 Å². The topological polar surface area (TPSA) is 113 Å². The van der Waals surface area contributed by atoms with Crippen molar-refractivity contribution in [3.63, 3.8) is 0 Å². The summed E-state index contributed by atoms with van der Waals surface area (Å²) in [6.45, 7) is -0.192. The molecule has 0 unspecified atom stereocenters. The number of amides is 1. The number of hydrogen-bond acceptors (Lipinski definition) is 6. The van der Waals surface area contributed by atoms with Crippen LogP contribution in [0.5, 0.6) is 0 Å². The van der Waals surface area contributed by atoms with Gasteiger partial charge in [0.15, 0.2) is 11.5 Å². The highest BCUT2D eigenvalue weighted by atomic mass is 35.5. The van der Waals surface area contributed by atoms with Crippen molar-refractivity contribution in [1.29, 1.82) is 0 Å². The normalized spacial score (nSPS) is 11.6. The third-order valence-corrected chi connectivity index (χ3v) is 5.01. The summed E-state index contributed by atoms with van der Waals surface area (Å²) in [4.78, 5) is 15.4. The minimum absolute atomic E-state index is 0.0420. The number of para-hydroxylation sites is 1. The number of carbonyl (C=O) groups excluding carboxylic acids is 1. The molecule has 3 N–H and O–H groups in total. The average molecular weight is 510 g/mol. The lowest BCUT2D eigenvalue weighted by Gasteiger charge is -2.08. The van der Waals surface area contributed by atoms with Gasteiger partial charge >= 0.3 is 6.18 Å². The van der Waals surface area contributed by atoms with Gasteiger partial charge in [-0.2, -0.15) is 18.3 Å². The molecular weight excluding hydrogens is 494 g/mol. The zero-order chi connectivity index (χ0) is 25.3. The number of alkyl halides is 3. The van der Waals surface area contributed by atoms with E-state index in [4.69, 9.17) is 22.1 Å². The second kappa shape index (κ2) is 9.35. The predicted molar refractivity (Wildman–Crippen MR) is 117 cm³/mol. The molecule has 0 spiro atoms. The van der Waals surface area contributed by atoms with E-state index in [1.165, 1.54) is 55.8 Å². The molecule has 182 valence electrons. The van der Waals surface area contributed by atoms with E-state index < -0.39 is 23.7 Å². The second-order valence-electron chi connectivity index (χ2n) is 7.14. The number of anilines is 2. The molecular formula is C21H16ClF4N7O2. The van der Waals surface area contributed by atoms with Gasteiger partial charge in [-0.15, -0.1) is 5.10 Å². The summed E-state index contributed by atoms with van der Waals surface area (Å²) in [7, 11) is 1.32. The Labute approximate surface area is 200 Å². The minimum atomic E-state index is -4.72. The summed E-state index contributed by atoms with van der Waals surface area (Å²) in [5, 5.41) is 10.6. The monoisotopic (exact) mass is 509 g/mol. The van der Waals surface area contributed by atoms with Crippen LogP contribution in [0, 0.1) is 5.82 Å². The molecule has 14 heteroatoms. The van der Waals surface area contributed by atoms with Crippen LogP contribution in [0.4, 0.5) is 28.9 Å². The van der Waals surface area contributed by atoms with Crippen LogP contribution in [0.1, 0.15) is 22.1 Å². The first kappa shape index (κ1) is 24.2. The fraction of sp³-hybridized carbons (Fsp3) is 0.143. The molecule has 0 aliphatic rings. The van der Waals surface area contributed by atoms with Gasteiger partial charge in [0.05, 0.1) is 22.6 Å². The quantitative estimate of drug-likeness (QED) is 0.360. The molecule has 2 aromatic heterocycles. The standard InChI is InChI=1S/C21H16ClF4N7O2/c1-35-10-16-29-20(21(24,25)26)31-33(16)12-7-5-11(6-8-12)28-15-9-32(30-17(15)19(27)34)18-13(22)3-2-4-14(18)23/h2-9,28H,10H2,1H3,(H2,27,34). The maximum Gasteiger partial charge on any atom is 0.453 e. The highest BCUT2D eigenvalue weighted by molar-refractivity contribution is 6.32. The maximum atomic E-state index is 14.3. The Morgan fingerprint density at radius 3 is 2.49 bits per heavy atom. The van der Waals surface area contributed by atoms with Gasteiger partial charge in [0.2, 0.25) is 0 Å². The van der Waals surface area contributed by atoms with Crippen LogP contribution in [0.2, 0.25) is 5.02 Å². The maximum absolute atomic E-state index is 14.3. The van der Waals surface area contributed by atoms with Crippen molar-refractivity contribution in [2.45, 2.75) is 12.8 Å². The number of nitrogens with one attached hydrogen (secondary N) is 1. The van der Waals surface area contributed by atoms with Gasteiger partial charge in [0.25, 0.3) is 11.7 Å². The van der Waals surface area contributed by atoms with E-state index in [1.54, 1.807) is 0 Å². The molecule has 9 nitrogen and oxygen atoms in total. The van der Waals surface area contributed by atoms with Crippen molar-refractivity contribution in [3.05, 3.63) is 76.8 Å². The van der Waals surface area contributed by atoms with Crippen LogP contribution in [0.25, 0.3) is 11.4 Å². The number of aromatic nitrogens is 5. The molecule has 0 aliphatic carbocycles. The Bertz CT molecular complexity index is 1360. The van der Waals surface area contributed by atoms with E-state index in [0.717, 1.165) is 9.36 Å². The van der Waals surface area contributed by atoms with E-state index in [1.807, 2.05) is 0 Å². The van der Waals surface area contributed by atoms with Crippen molar-refractivity contribution in [2.75, 3.05) is 12.4 Å². The Balaban J connectivity index is 1.65. The summed E-state index contributed by atoms with van der Waals surface area (Å²) in [5.41, 5.74) is 6.04. The lowest BCUT2D eigenvalue weighted by Crippen LogP contribution is -2.14. The SMILES string of the molecule is COCc1nc(C(F)(F)F)nn1-c1ccc(Nc2cn(-c3c(F)cccc3Cl)nc2C(N)=O)cc1. The van der Waals surface area contributed by atoms with Crippen molar-refractivity contribution in [2.24, 2.45) is 5.73 Å². The fourth-order valence-electron chi connectivity index (χ4n) is 3.21. The largest absolute Gasteiger partial charge is 0.453 e. The summed E-state index contributed by atoms with van der Waals surface area (Å²) in [6, 6.07) is 10.1. The van der Waals surface area contributed by atoms with Gasteiger partial charge in [0.1, 0.15) is 18.1 Å². The lowest BCUT2D eigenvalue weighted by molar-refractivity contribution is -0.144. The first-order valence-electron chi connectivity index (χ1n) is 9.82. The molecule has 0 atom stereocenters. The third-order valence-electron chi connectivity index (χ3n) is 4.71. The Morgan fingerprint density at radius 1 is 1.17 bits per heavy atom. The van der Waals surface area contributed by atoms with Gasteiger partial charge in [-0.1, -0.05) is 17.7 Å². The van der Waals surface area contributed by atoms with E-state index in [-0.39, 0.29) is 40.2 Å². The highest BCUT2D eigenvalue weighted by Crippen LogP contribution is 2.29. The van der Waals surface area contributed by atoms with Crippen LogP contribution in [0.15, 0.2) is 48.7 Å². The number of nitrogens with zero attached hydrogens (tertiary/aromatic N) is 5. The number of benzene rings is 2. The predicted octanol–water partition coefficient (Wildman–Crippen LogP) is 4.25. The lowest BCUT2D eigenvalue weighted by atomic mass is 10.2. The molecule has 1 amide bonds. The number of hydrogen-bond donors (Lipinski definition) is 2. The van der Waals surface area contributed by atoms with E-state index in [2.05, 4.69) is 20.5 Å². The molecule has 0 radical (unpaired) electrons. The summed E-state index contributed by atoms with van der Waals surface area (Å²) in [6.07, 6.45) is -3.39. The molecule has 0 aliphatic heterocycles. The number of methoxy groups -OCH3 is 1. The zero-order valence-electron chi connectivity index (χ0n) is 17.8. The van der Waals surface area contributed by atoms with E-state index in [0.29, 0.717) is 5.69 Å². The van der Waals surface area contributed by atoms with Crippen molar-refractivity contribution in [1.82, 2.24) is 24.5 Å². The van der Waals surface area contributed by atoms with Gasteiger partial charge in [-0.25, -0.2) is 18.7 Å². The van der Waals surface area contributed by atoms with Gasteiger partial charge in [0, 0.05) is 12.8 Å². The minimum Gasteiger partial charge on any atom is -0.377 e. The average Bonchev–Trinajstić information content (AvgIpc) is 3.39. The molecule has 4 aromatic rings. The highest BCUT2D eigenvalue weighted by Gasteiger charge is 2.37. The molecule has 0 saturated heterocycles. The first-order chi connectivity index (χ1) is 16.6. The summed E-state index contributed by atoms with van der Waals surface area (Å²) in [5.74, 6) is -2.87. The molecule has 2 heterocycles. The zero-order valence-corrected chi connectivity index (χ0v) is 18.6. The second-order valence-corrected chi connectivity index (χ2v) is 7.54. The number of nitrogens with two attached hydrogens (primary N) is 1. The molecule has 35 heavy (non-hydrogen) atoms.